The fourth-order valence-electron chi connectivity index (χ4n) is 2.58. The van der Waals surface area contributed by atoms with E-state index in [0.717, 1.165) is 6.42 Å². The van der Waals surface area contributed by atoms with Crippen LogP contribution in [0.4, 0.5) is 0 Å². The van der Waals surface area contributed by atoms with Gasteiger partial charge in [0.2, 0.25) is 0 Å². The third-order valence-electron chi connectivity index (χ3n) is 4.53. The van der Waals surface area contributed by atoms with Crippen LogP contribution in [0.15, 0.2) is 108 Å². The molecule has 0 aromatic heterocycles. The maximum atomic E-state index is 3.86. The molecule has 0 spiro atoms. The van der Waals surface area contributed by atoms with E-state index in [-0.39, 0.29) is 0 Å². The summed E-state index contributed by atoms with van der Waals surface area (Å²) in [5.74, 6) is 0.354. The van der Waals surface area contributed by atoms with E-state index in [0.29, 0.717) is 5.92 Å². The molecule has 1 heteroatoms. The molecule has 0 aromatic rings. The van der Waals surface area contributed by atoms with Crippen molar-refractivity contribution in [1.82, 2.24) is 4.90 Å². The summed E-state index contributed by atoms with van der Waals surface area (Å²) in [5, 5.41) is 0. The van der Waals surface area contributed by atoms with E-state index in [1.165, 1.54) is 28.1 Å². The van der Waals surface area contributed by atoms with Gasteiger partial charge in [-0.1, -0.05) is 85.9 Å². The third kappa shape index (κ3) is 6.76. The lowest BCUT2D eigenvalue weighted by atomic mass is 9.98. The monoisotopic (exact) mass is 347 g/mol. The minimum absolute atomic E-state index is 0.354. The van der Waals surface area contributed by atoms with Crippen molar-refractivity contribution in [2.24, 2.45) is 5.92 Å². The lowest BCUT2D eigenvalue weighted by Gasteiger charge is -2.27. The van der Waals surface area contributed by atoms with E-state index in [4.69, 9.17) is 0 Å². The Hall–Kier alpha value is -2.54. The van der Waals surface area contributed by atoms with E-state index < -0.39 is 0 Å². The van der Waals surface area contributed by atoms with Crippen LogP contribution in [-0.4, -0.2) is 4.90 Å². The van der Waals surface area contributed by atoms with Crippen LogP contribution in [0.1, 0.15) is 41.0 Å². The predicted octanol–water partition coefficient (Wildman–Crippen LogP) is 7.40. The van der Waals surface area contributed by atoms with Gasteiger partial charge >= 0.3 is 0 Å². The summed E-state index contributed by atoms with van der Waals surface area (Å²) in [6, 6.07) is 0. The molecule has 0 amide bonds. The Bertz CT molecular complexity index is 717. The van der Waals surface area contributed by atoms with Crippen molar-refractivity contribution < 1.29 is 0 Å². The number of rotatable bonds is 6. The standard InChI is InChI=1S/C25H33N/c1-8-14-22(5)25-19-23(6)21(4)16-11-10-12-18-26(25)24(7)17-13-15-20(3)9-2/h8-12,14-19,23H,1-2,13H2,3-7H3/b11-10-,18-12+,20-15+,21-16+,22-14-,24-17+,25-19+. The number of hydrogen-bond donors (Lipinski definition) is 0. The van der Waals surface area contributed by atoms with Crippen LogP contribution in [0.25, 0.3) is 0 Å². The summed E-state index contributed by atoms with van der Waals surface area (Å²) in [5.41, 5.74) is 6.11. The van der Waals surface area contributed by atoms with Gasteiger partial charge in [0.25, 0.3) is 0 Å². The van der Waals surface area contributed by atoms with Crippen molar-refractivity contribution in [3.8, 4) is 0 Å². The molecule has 0 bridgehead atoms. The maximum absolute atomic E-state index is 3.86. The Morgan fingerprint density at radius 3 is 2.50 bits per heavy atom. The van der Waals surface area contributed by atoms with E-state index in [2.05, 4.69) is 107 Å². The first-order valence-electron chi connectivity index (χ1n) is 9.19. The summed E-state index contributed by atoms with van der Waals surface area (Å²) in [4.78, 5) is 2.26. The van der Waals surface area contributed by atoms with Crippen LogP contribution in [0, 0.1) is 5.92 Å². The van der Waals surface area contributed by atoms with Crippen LogP contribution >= 0.6 is 0 Å². The zero-order valence-corrected chi connectivity index (χ0v) is 17.0. The van der Waals surface area contributed by atoms with Gasteiger partial charge in [0, 0.05) is 17.6 Å². The van der Waals surface area contributed by atoms with E-state index in [9.17, 15) is 0 Å². The number of hydrogen-bond acceptors (Lipinski definition) is 1. The fourth-order valence-corrected chi connectivity index (χ4v) is 2.58. The maximum Gasteiger partial charge on any atom is 0.0447 e. The second-order valence-electron chi connectivity index (χ2n) is 6.67. The zero-order valence-electron chi connectivity index (χ0n) is 17.0. The van der Waals surface area contributed by atoms with Crippen LogP contribution in [-0.2, 0) is 0 Å². The normalized spacial score (nSPS) is 26.3. The summed E-state index contributed by atoms with van der Waals surface area (Å²) in [7, 11) is 0. The fraction of sp³-hybridized carbons (Fsp3) is 0.280. The predicted molar refractivity (Wildman–Crippen MR) is 117 cm³/mol. The Kier molecular flexibility index (Phi) is 9.22. The smallest absolute Gasteiger partial charge is 0.0447 e. The van der Waals surface area contributed by atoms with Crippen molar-refractivity contribution in [2.75, 3.05) is 0 Å². The quantitative estimate of drug-likeness (QED) is 0.452. The molecule has 0 fully saturated rings. The third-order valence-corrected chi connectivity index (χ3v) is 4.53. The van der Waals surface area contributed by atoms with Crippen LogP contribution in [0.5, 0.6) is 0 Å². The van der Waals surface area contributed by atoms with Crippen molar-refractivity contribution in [3.05, 3.63) is 108 Å². The molecule has 0 aromatic carbocycles. The van der Waals surface area contributed by atoms with Crippen molar-refractivity contribution in [2.45, 2.75) is 41.0 Å². The molecule has 1 atom stereocenters. The molecule has 0 saturated carbocycles. The van der Waals surface area contributed by atoms with Gasteiger partial charge in [0.15, 0.2) is 0 Å². The van der Waals surface area contributed by atoms with Gasteiger partial charge in [0.1, 0.15) is 0 Å². The Balaban J connectivity index is 3.37. The minimum Gasteiger partial charge on any atom is -0.322 e. The molecule has 1 unspecified atom stereocenters. The second-order valence-corrected chi connectivity index (χ2v) is 6.67. The Morgan fingerprint density at radius 2 is 1.85 bits per heavy atom. The summed E-state index contributed by atoms with van der Waals surface area (Å²) >= 11 is 0. The molecular weight excluding hydrogens is 314 g/mol. The lowest BCUT2D eigenvalue weighted by molar-refractivity contribution is 0.572. The van der Waals surface area contributed by atoms with Crippen LogP contribution in [0.2, 0.25) is 0 Å². The molecule has 0 radical (unpaired) electrons. The van der Waals surface area contributed by atoms with E-state index >= 15 is 0 Å². The average molecular weight is 348 g/mol. The Morgan fingerprint density at radius 1 is 1.12 bits per heavy atom. The molecular formula is C25H33N. The van der Waals surface area contributed by atoms with Gasteiger partial charge in [-0.3, -0.25) is 0 Å². The van der Waals surface area contributed by atoms with Gasteiger partial charge in [0.05, 0.1) is 0 Å². The molecule has 1 nitrogen and oxygen atoms in total. The first-order valence-corrected chi connectivity index (χ1v) is 9.19. The minimum atomic E-state index is 0.354. The molecule has 1 heterocycles. The second kappa shape index (κ2) is 11.1. The van der Waals surface area contributed by atoms with Gasteiger partial charge in [-0.2, -0.15) is 0 Å². The largest absolute Gasteiger partial charge is 0.322 e. The number of allylic oxidation sites excluding steroid dienone is 14. The summed E-state index contributed by atoms with van der Waals surface area (Å²) < 4.78 is 0. The summed E-state index contributed by atoms with van der Waals surface area (Å²) in [6.07, 6.45) is 24.0. The van der Waals surface area contributed by atoms with Crippen LogP contribution in [0.3, 0.4) is 0 Å². The topological polar surface area (TPSA) is 3.24 Å². The highest BCUT2D eigenvalue weighted by Gasteiger charge is 2.13. The average Bonchev–Trinajstić information content (AvgIpc) is 2.62. The van der Waals surface area contributed by atoms with Crippen molar-refractivity contribution in [1.29, 1.82) is 0 Å². The van der Waals surface area contributed by atoms with Crippen LogP contribution < -0.4 is 0 Å². The number of nitrogens with zero attached hydrogens (tertiary/aromatic N) is 1. The zero-order chi connectivity index (χ0) is 19.5. The van der Waals surface area contributed by atoms with E-state index in [1.54, 1.807) is 0 Å². The highest BCUT2D eigenvalue weighted by molar-refractivity contribution is 5.38. The van der Waals surface area contributed by atoms with Gasteiger partial charge < -0.3 is 4.90 Å². The SMILES string of the molecule is C=C/C=C(C)\C1=C/C(C)/C(C)=C/C=C\C=C\N1/C(C)=C/C/C=C(\C)C=C. The summed E-state index contributed by atoms with van der Waals surface area (Å²) in [6.45, 7) is 18.4. The van der Waals surface area contributed by atoms with Crippen molar-refractivity contribution >= 4 is 0 Å². The first-order chi connectivity index (χ1) is 12.4. The molecule has 1 aliphatic heterocycles. The molecule has 0 N–H and O–H groups in total. The molecule has 1 rings (SSSR count). The highest BCUT2D eigenvalue weighted by atomic mass is 15.1. The van der Waals surface area contributed by atoms with E-state index in [1.807, 2.05) is 12.2 Å². The van der Waals surface area contributed by atoms with Gasteiger partial charge in [-0.05, 0) is 51.7 Å². The lowest BCUT2D eigenvalue weighted by Crippen LogP contribution is -2.17. The van der Waals surface area contributed by atoms with Gasteiger partial charge in [-0.15, -0.1) is 0 Å². The highest BCUT2D eigenvalue weighted by Crippen LogP contribution is 2.26. The molecule has 138 valence electrons. The molecule has 26 heavy (non-hydrogen) atoms. The van der Waals surface area contributed by atoms with Gasteiger partial charge in [-0.25, -0.2) is 0 Å². The van der Waals surface area contributed by atoms with Crippen molar-refractivity contribution in [3.63, 3.8) is 0 Å². The molecule has 0 saturated heterocycles. The molecule has 1 aliphatic rings. The Labute approximate surface area is 160 Å². The first kappa shape index (κ1) is 21.5. The molecule has 0 aliphatic carbocycles.